The summed E-state index contributed by atoms with van der Waals surface area (Å²) in [6.45, 7) is 8.53. The Morgan fingerprint density at radius 2 is 1.95 bits per heavy atom. The number of hydrogen-bond donors (Lipinski definition) is 0. The summed E-state index contributed by atoms with van der Waals surface area (Å²) in [4.78, 5) is 8.62. The fourth-order valence-corrected chi connectivity index (χ4v) is 2.98. The molecule has 0 N–H and O–H groups in total. The second-order valence-corrected chi connectivity index (χ2v) is 6.72. The van der Waals surface area contributed by atoms with Gasteiger partial charge in [0, 0.05) is 17.9 Å². The first-order chi connectivity index (χ1) is 10.1. The van der Waals surface area contributed by atoms with Gasteiger partial charge in [0.05, 0.1) is 23.8 Å². The van der Waals surface area contributed by atoms with Crippen LogP contribution in [0.1, 0.15) is 56.0 Å². The molecule has 2 aromatic rings. The van der Waals surface area contributed by atoms with Gasteiger partial charge in [-0.15, -0.1) is 11.8 Å². The molecule has 4 nitrogen and oxygen atoms in total. The van der Waals surface area contributed by atoms with E-state index in [-0.39, 0.29) is 0 Å². The maximum atomic E-state index is 4.45. The minimum atomic E-state index is 0.404. The molecule has 0 aliphatic carbocycles. The van der Waals surface area contributed by atoms with Gasteiger partial charge in [-0.1, -0.05) is 20.8 Å². The lowest BCUT2D eigenvalue weighted by Crippen LogP contribution is -2.03. The molecule has 0 saturated heterocycles. The smallest absolute Gasteiger partial charge is 0.115 e. The quantitative estimate of drug-likeness (QED) is 0.755. The van der Waals surface area contributed by atoms with Crippen LogP contribution >= 0.6 is 11.8 Å². The molecule has 0 aromatic carbocycles. The van der Waals surface area contributed by atoms with Crippen molar-refractivity contribution in [2.24, 2.45) is 0 Å². The Hall–Kier alpha value is -1.49. The maximum absolute atomic E-state index is 4.45. The highest BCUT2D eigenvalue weighted by Crippen LogP contribution is 2.24. The van der Waals surface area contributed by atoms with E-state index in [1.54, 1.807) is 18.0 Å². The molecule has 21 heavy (non-hydrogen) atoms. The zero-order valence-corrected chi connectivity index (χ0v) is 13.9. The van der Waals surface area contributed by atoms with Crippen LogP contribution in [0, 0.1) is 6.92 Å². The Labute approximate surface area is 130 Å². The van der Waals surface area contributed by atoms with Crippen molar-refractivity contribution in [1.82, 2.24) is 20.2 Å². The Morgan fingerprint density at radius 1 is 1.14 bits per heavy atom. The van der Waals surface area contributed by atoms with E-state index in [1.165, 1.54) is 5.56 Å². The topological polar surface area (TPSA) is 51.6 Å². The summed E-state index contributed by atoms with van der Waals surface area (Å²) < 4.78 is 0. The number of aromatic nitrogens is 4. The number of aryl methyl sites for hydroxylation is 1. The number of nitrogens with zero attached hydrogens (tertiary/aromatic N) is 4. The van der Waals surface area contributed by atoms with E-state index in [4.69, 9.17) is 0 Å². The molecule has 0 saturated carbocycles. The summed E-state index contributed by atoms with van der Waals surface area (Å²) in [6.07, 6.45) is 6.51. The Bertz CT molecular complexity index is 586. The van der Waals surface area contributed by atoms with Gasteiger partial charge in [0.15, 0.2) is 0 Å². The predicted octanol–water partition coefficient (Wildman–Crippen LogP) is 3.98. The Morgan fingerprint density at radius 3 is 2.67 bits per heavy atom. The largest absolute Gasteiger partial charge is 0.260 e. The van der Waals surface area contributed by atoms with Crippen LogP contribution in [0.2, 0.25) is 0 Å². The standard InChI is InChI=1S/C16H22N4S/c1-11(2)14-7-15(20-18-9-14)12(3)5-6-21-16-10-17-8-13(4)19-16/h7-12H,5-6H2,1-4H3. The van der Waals surface area contributed by atoms with Crippen LogP contribution in [0.25, 0.3) is 0 Å². The summed E-state index contributed by atoms with van der Waals surface area (Å²) in [5.74, 6) is 1.90. The van der Waals surface area contributed by atoms with Crippen molar-refractivity contribution >= 4 is 11.8 Å². The van der Waals surface area contributed by atoms with Crippen molar-refractivity contribution in [2.45, 2.75) is 51.0 Å². The minimum absolute atomic E-state index is 0.404. The zero-order chi connectivity index (χ0) is 15.2. The highest BCUT2D eigenvalue weighted by molar-refractivity contribution is 7.99. The minimum Gasteiger partial charge on any atom is -0.260 e. The molecule has 0 radical (unpaired) electrons. The van der Waals surface area contributed by atoms with E-state index >= 15 is 0 Å². The molecule has 0 spiro atoms. The first-order valence-corrected chi connectivity index (χ1v) is 8.28. The van der Waals surface area contributed by atoms with E-state index < -0.39 is 0 Å². The Balaban J connectivity index is 1.89. The molecule has 1 unspecified atom stereocenters. The van der Waals surface area contributed by atoms with Gasteiger partial charge >= 0.3 is 0 Å². The van der Waals surface area contributed by atoms with Crippen molar-refractivity contribution in [3.8, 4) is 0 Å². The molecule has 5 heteroatoms. The first kappa shape index (κ1) is 15.9. The predicted molar refractivity (Wildman–Crippen MR) is 86.6 cm³/mol. The van der Waals surface area contributed by atoms with Crippen LogP contribution in [0.5, 0.6) is 0 Å². The van der Waals surface area contributed by atoms with Gasteiger partial charge in [0.2, 0.25) is 0 Å². The number of rotatable bonds is 6. The lowest BCUT2D eigenvalue weighted by Gasteiger charge is -2.12. The highest BCUT2D eigenvalue weighted by Gasteiger charge is 2.10. The van der Waals surface area contributed by atoms with E-state index in [0.29, 0.717) is 11.8 Å². The summed E-state index contributed by atoms with van der Waals surface area (Å²) in [5, 5.41) is 9.39. The van der Waals surface area contributed by atoms with Crippen LogP contribution in [0.3, 0.4) is 0 Å². The molecule has 0 aliphatic rings. The van der Waals surface area contributed by atoms with Crippen molar-refractivity contribution in [2.75, 3.05) is 5.75 Å². The van der Waals surface area contributed by atoms with E-state index in [2.05, 4.69) is 47.0 Å². The van der Waals surface area contributed by atoms with Crippen LogP contribution in [-0.2, 0) is 0 Å². The molecule has 0 amide bonds. The third-order valence-corrected chi connectivity index (χ3v) is 4.33. The fraction of sp³-hybridized carbons (Fsp3) is 0.500. The van der Waals surface area contributed by atoms with E-state index in [1.807, 2.05) is 19.3 Å². The van der Waals surface area contributed by atoms with Gasteiger partial charge in [-0.2, -0.15) is 10.2 Å². The summed E-state index contributed by atoms with van der Waals surface area (Å²) in [5.41, 5.74) is 3.30. The molecule has 0 fully saturated rings. The van der Waals surface area contributed by atoms with Crippen LogP contribution < -0.4 is 0 Å². The van der Waals surface area contributed by atoms with Gasteiger partial charge in [-0.3, -0.25) is 4.98 Å². The second kappa shape index (κ2) is 7.50. The fourth-order valence-electron chi connectivity index (χ4n) is 1.95. The third-order valence-electron chi connectivity index (χ3n) is 3.40. The average Bonchev–Trinajstić information content (AvgIpc) is 2.47. The molecule has 0 bridgehead atoms. The van der Waals surface area contributed by atoms with Crippen LogP contribution in [0.15, 0.2) is 29.7 Å². The van der Waals surface area contributed by atoms with Gasteiger partial charge in [0.1, 0.15) is 5.03 Å². The lowest BCUT2D eigenvalue weighted by atomic mass is 10.00. The second-order valence-electron chi connectivity index (χ2n) is 5.61. The monoisotopic (exact) mass is 302 g/mol. The molecule has 2 heterocycles. The molecule has 1 atom stereocenters. The van der Waals surface area contributed by atoms with E-state index in [0.717, 1.165) is 28.6 Å². The molecule has 0 aliphatic heterocycles. The van der Waals surface area contributed by atoms with Gasteiger partial charge < -0.3 is 0 Å². The molecule has 2 rings (SSSR count). The van der Waals surface area contributed by atoms with Gasteiger partial charge in [0.25, 0.3) is 0 Å². The van der Waals surface area contributed by atoms with Crippen LogP contribution in [0.4, 0.5) is 0 Å². The average molecular weight is 302 g/mol. The molecule has 2 aromatic heterocycles. The van der Waals surface area contributed by atoms with Crippen molar-refractivity contribution in [1.29, 1.82) is 0 Å². The molecular weight excluding hydrogens is 280 g/mol. The van der Waals surface area contributed by atoms with E-state index in [9.17, 15) is 0 Å². The normalized spacial score (nSPS) is 12.6. The van der Waals surface area contributed by atoms with Gasteiger partial charge in [-0.25, -0.2) is 4.98 Å². The zero-order valence-electron chi connectivity index (χ0n) is 13.1. The summed E-state index contributed by atoms with van der Waals surface area (Å²) in [7, 11) is 0. The highest BCUT2D eigenvalue weighted by atomic mass is 32.2. The number of thioether (sulfide) groups is 1. The third kappa shape index (κ3) is 4.77. The van der Waals surface area contributed by atoms with Crippen LogP contribution in [-0.4, -0.2) is 25.9 Å². The SMILES string of the molecule is Cc1cncc(SCCC(C)c2cc(C(C)C)cnn2)n1. The molecular formula is C16H22N4S. The lowest BCUT2D eigenvalue weighted by molar-refractivity contribution is 0.687. The molecule has 112 valence electrons. The Kier molecular flexibility index (Phi) is 5.67. The number of hydrogen-bond acceptors (Lipinski definition) is 5. The summed E-state index contributed by atoms with van der Waals surface area (Å²) >= 11 is 1.75. The van der Waals surface area contributed by atoms with Crippen molar-refractivity contribution < 1.29 is 0 Å². The first-order valence-electron chi connectivity index (χ1n) is 7.30. The maximum Gasteiger partial charge on any atom is 0.115 e. The van der Waals surface area contributed by atoms with Crippen molar-refractivity contribution in [3.63, 3.8) is 0 Å². The van der Waals surface area contributed by atoms with Gasteiger partial charge in [-0.05, 0) is 30.9 Å². The van der Waals surface area contributed by atoms with Crippen molar-refractivity contribution in [3.05, 3.63) is 41.6 Å². The summed E-state index contributed by atoms with van der Waals surface area (Å²) in [6, 6.07) is 2.18.